The summed E-state index contributed by atoms with van der Waals surface area (Å²) in [5.74, 6) is 6.60. The highest BCUT2D eigenvalue weighted by Gasteiger charge is 2.03. The molecule has 0 unspecified atom stereocenters. The molecule has 0 aliphatic rings. The zero-order valence-corrected chi connectivity index (χ0v) is 17.5. The fraction of sp³-hybridized carbons (Fsp3) is 0.304. The fourth-order valence-corrected chi connectivity index (χ4v) is 3.27. The van der Waals surface area contributed by atoms with Crippen LogP contribution in [-0.4, -0.2) is 43.3 Å². The normalized spacial score (nSPS) is 11.0. The Morgan fingerprint density at radius 1 is 1.07 bits per heavy atom. The van der Waals surface area contributed by atoms with E-state index in [2.05, 4.69) is 99.0 Å². The Hall–Kier alpha value is -2.06. The molecule has 0 amide bonds. The third kappa shape index (κ3) is 5.46. The van der Waals surface area contributed by atoms with E-state index in [0.717, 1.165) is 48.3 Å². The maximum atomic E-state index is 5.09. The SMILES string of the molecule is COCCN(C)CCCC#Cc1ccc2c(ccn2-c2ccc(Br)cc2)c1. The predicted octanol–water partition coefficient (Wildman–Crippen LogP) is 5.10. The molecule has 4 heteroatoms. The van der Waals surface area contributed by atoms with Crippen molar-refractivity contribution in [3.63, 3.8) is 0 Å². The van der Waals surface area contributed by atoms with Gasteiger partial charge in [0.1, 0.15) is 0 Å². The Morgan fingerprint density at radius 3 is 2.67 bits per heavy atom. The van der Waals surface area contributed by atoms with Crippen LogP contribution in [0.25, 0.3) is 16.6 Å². The summed E-state index contributed by atoms with van der Waals surface area (Å²) in [5.41, 5.74) is 3.43. The lowest BCUT2D eigenvalue weighted by molar-refractivity contribution is 0.161. The van der Waals surface area contributed by atoms with Crippen molar-refractivity contribution in [2.75, 3.05) is 33.9 Å². The van der Waals surface area contributed by atoms with Crippen molar-refractivity contribution in [2.24, 2.45) is 0 Å². The van der Waals surface area contributed by atoms with Crippen LogP contribution >= 0.6 is 15.9 Å². The molecule has 1 heterocycles. The molecule has 0 saturated heterocycles. The van der Waals surface area contributed by atoms with Crippen LogP contribution in [0.5, 0.6) is 0 Å². The van der Waals surface area contributed by atoms with Gasteiger partial charge in [-0.3, -0.25) is 0 Å². The first-order valence-corrected chi connectivity index (χ1v) is 10.00. The number of nitrogens with zero attached hydrogens (tertiary/aromatic N) is 2. The summed E-state index contributed by atoms with van der Waals surface area (Å²) in [7, 11) is 3.86. The second kappa shape index (κ2) is 9.75. The van der Waals surface area contributed by atoms with Crippen molar-refractivity contribution >= 4 is 26.8 Å². The molecule has 140 valence electrons. The zero-order valence-electron chi connectivity index (χ0n) is 15.9. The Bertz CT molecular complexity index is 934. The van der Waals surface area contributed by atoms with Gasteiger partial charge in [0.25, 0.3) is 0 Å². The lowest BCUT2D eigenvalue weighted by atomic mass is 10.1. The molecular formula is C23H25BrN2O. The summed E-state index contributed by atoms with van der Waals surface area (Å²) in [6, 6.07) is 16.9. The fourth-order valence-electron chi connectivity index (χ4n) is 3.01. The smallest absolute Gasteiger partial charge is 0.0589 e. The average molecular weight is 425 g/mol. The number of hydrogen-bond acceptors (Lipinski definition) is 2. The summed E-state index contributed by atoms with van der Waals surface area (Å²) >= 11 is 3.49. The average Bonchev–Trinajstić information content (AvgIpc) is 3.10. The van der Waals surface area contributed by atoms with E-state index in [4.69, 9.17) is 4.74 Å². The van der Waals surface area contributed by atoms with Crippen molar-refractivity contribution in [1.29, 1.82) is 0 Å². The van der Waals surface area contributed by atoms with Crippen molar-refractivity contribution in [2.45, 2.75) is 12.8 Å². The summed E-state index contributed by atoms with van der Waals surface area (Å²) < 4.78 is 8.39. The second-order valence-electron chi connectivity index (χ2n) is 6.64. The van der Waals surface area contributed by atoms with Crippen LogP contribution in [0.2, 0.25) is 0 Å². The van der Waals surface area contributed by atoms with E-state index in [9.17, 15) is 0 Å². The first-order chi connectivity index (χ1) is 13.2. The number of halogens is 1. The first-order valence-electron chi connectivity index (χ1n) is 9.21. The Balaban J connectivity index is 1.62. The van der Waals surface area contributed by atoms with E-state index < -0.39 is 0 Å². The van der Waals surface area contributed by atoms with Gasteiger partial charge >= 0.3 is 0 Å². The summed E-state index contributed by atoms with van der Waals surface area (Å²) in [6.45, 7) is 2.80. The van der Waals surface area contributed by atoms with E-state index in [1.165, 1.54) is 10.9 Å². The molecule has 0 bridgehead atoms. The molecule has 0 radical (unpaired) electrons. The molecule has 3 nitrogen and oxygen atoms in total. The Labute approximate surface area is 170 Å². The molecule has 3 aromatic rings. The van der Waals surface area contributed by atoms with E-state index in [-0.39, 0.29) is 0 Å². The van der Waals surface area contributed by atoms with Gasteiger partial charge in [0, 0.05) is 47.4 Å². The summed E-state index contributed by atoms with van der Waals surface area (Å²) in [5, 5.41) is 1.21. The number of hydrogen-bond donors (Lipinski definition) is 0. The van der Waals surface area contributed by atoms with Gasteiger partial charge < -0.3 is 14.2 Å². The van der Waals surface area contributed by atoms with Crippen LogP contribution in [0.4, 0.5) is 0 Å². The quantitative estimate of drug-likeness (QED) is 0.387. The highest BCUT2D eigenvalue weighted by Crippen LogP contribution is 2.22. The minimum absolute atomic E-state index is 0.780. The van der Waals surface area contributed by atoms with E-state index in [0.29, 0.717) is 0 Å². The number of benzene rings is 2. The van der Waals surface area contributed by atoms with E-state index >= 15 is 0 Å². The molecule has 0 aliphatic carbocycles. The molecule has 1 aromatic heterocycles. The lowest BCUT2D eigenvalue weighted by Crippen LogP contribution is -2.23. The molecule has 27 heavy (non-hydrogen) atoms. The van der Waals surface area contributed by atoms with Gasteiger partial charge in [-0.15, -0.1) is 0 Å². The number of methoxy groups -OCH3 is 1. The predicted molar refractivity (Wildman–Crippen MR) is 116 cm³/mol. The van der Waals surface area contributed by atoms with Crippen LogP contribution in [0.1, 0.15) is 18.4 Å². The topological polar surface area (TPSA) is 17.4 Å². The minimum atomic E-state index is 0.780. The van der Waals surface area contributed by atoms with Crippen LogP contribution < -0.4 is 0 Å². The molecule has 0 atom stereocenters. The number of rotatable bonds is 7. The maximum absolute atomic E-state index is 5.09. The molecule has 0 spiro atoms. The van der Waals surface area contributed by atoms with Gasteiger partial charge in [-0.2, -0.15) is 0 Å². The minimum Gasteiger partial charge on any atom is -0.383 e. The van der Waals surface area contributed by atoms with Gasteiger partial charge in [-0.25, -0.2) is 0 Å². The van der Waals surface area contributed by atoms with Crippen LogP contribution in [0.15, 0.2) is 59.2 Å². The lowest BCUT2D eigenvalue weighted by Gasteiger charge is -2.14. The number of unbranched alkanes of at least 4 members (excludes halogenated alkanes) is 1. The molecule has 0 aliphatic heterocycles. The number of aromatic nitrogens is 1. The number of likely N-dealkylation sites (N-methyl/N-ethyl adjacent to an activating group) is 1. The highest BCUT2D eigenvalue weighted by molar-refractivity contribution is 9.10. The van der Waals surface area contributed by atoms with Crippen LogP contribution in [-0.2, 0) is 4.74 Å². The zero-order chi connectivity index (χ0) is 19.1. The van der Waals surface area contributed by atoms with Gasteiger partial charge in [-0.05, 0) is 68.5 Å². The van der Waals surface area contributed by atoms with Crippen molar-refractivity contribution < 1.29 is 4.74 Å². The third-order valence-electron chi connectivity index (χ3n) is 4.55. The maximum Gasteiger partial charge on any atom is 0.0589 e. The van der Waals surface area contributed by atoms with Crippen LogP contribution in [0, 0.1) is 11.8 Å². The van der Waals surface area contributed by atoms with Gasteiger partial charge in [-0.1, -0.05) is 27.8 Å². The number of ether oxygens (including phenoxy) is 1. The monoisotopic (exact) mass is 424 g/mol. The van der Waals surface area contributed by atoms with E-state index in [1.807, 2.05) is 0 Å². The number of fused-ring (bicyclic) bond motifs is 1. The first kappa shape index (κ1) is 19.7. The molecular weight excluding hydrogens is 400 g/mol. The van der Waals surface area contributed by atoms with Crippen molar-refractivity contribution in [3.05, 3.63) is 64.8 Å². The molecule has 3 rings (SSSR count). The highest BCUT2D eigenvalue weighted by atomic mass is 79.9. The third-order valence-corrected chi connectivity index (χ3v) is 5.08. The summed E-state index contributed by atoms with van der Waals surface area (Å²) in [4.78, 5) is 2.28. The molecule has 0 saturated carbocycles. The summed E-state index contributed by atoms with van der Waals surface area (Å²) in [6.07, 6.45) is 4.10. The van der Waals surface area contributed by atoms with E-state index in [1.54, 1.807) is 7.11 Å². The molecule has 0 N–H and O–H groups in total. The molecule has 2 aromatic carbocycles. The standard InChI is InChI=1S/C23H25BrN2O/c1-25(16-17-27-2)14-5-3-4-6-19-7-12-23-20(18-19)13-15-26(23)22-10-8-21(24)9-11-22/h7-13,15,18H,3,5,14,16-17H2,1-2H3. The van der Waals surface area contributed by atoms with Crippen LogP contribution in [0.3, 0.4) is 0 Å². The Kier molecular flexibility index (Phi) is 7.11. The second-order valence-corrected chi connectivity index (χ2v) is 7.55. The van der Waals surface area contributed by atoms with Gasteiger partial charge in [0.15, 0.2) is 0 Å². The van der Waals surface area contributed by atoms with Crippen molar-refractivity contribution in [1.82, 2.24) is 9.47 Å². The van der Waals surface area contributed by atoms with Gasteiger partial charge in [0.05, 0.1) is 12.1 Å². The Morgan fingerprint density at radius 2 is 1.89 bits per heavy atom. The van der Waals surface area contributed by atoms with Crippen molar-refractivity contribution in [3.8, 4) is 17.5 Å². The largest absolute Gasteiger partial charge is 0.383 e. The van der Waals surface area contributed by atoms with Gasteiger partial charge in [0.2, 0.25) is 0 Å². The molecule has 0 fully saturated rings.